The molecule has 1 aromatic rings. The van der Waals surface area contributed by atoms with Crippen LogP contribution in [-0.4, -0.2) is 30.1 Å². The van der Waals surface area contributed by atoms with Gasteiger partial charge in [0.25, 0.3) is 5.91 Å². The second kappa shape index (κ2) is 7.97. The van der Waals surface area contributed by atoms with Crippen molar-refractivity contribution in [3.63, 3.8) is 0 Å². The number of hydrogen-bond acceptors (Lipinski definition) is 3. The number of carboxylic acids is 1. The minimum atomic E-state index is -0.895. The first kappa shape index (κ1) is 16.6. The molecule has 0 bridgehead atoms. The van der Waals surface area contributed by atoms with Gasteiger partial charge in [0, 0.05) is 24.1 Å². The van der Waals surface area contributed by atoms with Gasteiger partial charge in [-0.3, -0.25) is 9.59 Å². The monoisotopic (exact) mass is 319 g/mol. The van der Waals surface area contributed by atoms with Crippen molar-refractivity contribution in [2.45, 2.75) is 13.3 Å². The molecule has 1 unspecified atom stereocenters. The second-order valence-electron chi connectivity index (χ2n) is 4.37. The summed E-state index contributed by atoms with van der Waals surface area (Å²) in [6, 6.07) is 4.71. The first-order valence-electron chi connectivity index (χ1n) is 5.95. The highest BCUT2D eigenvalue weighted by molar-refractivity contribution is 6.34. The summed E-state index contributed by atoms with van der Waals surface area (Å²) in [6.45, 7) is 1.81. The Labute approximate surface area is 126 Å². The molecular formula is C13H15Cl2NO4. The molecule has 1 aromatic carbocycles. The molecule has 7 heteroatoms. The fourth-order valence-corrected chi connectivity index (χ4v) is 1.77. The smallest absolute Gasteiger partial charge is 0.303 e. The van der Waals surface area contributed by atoms with Crippen molar-refractivity contribution in [3.05, 3.63) is 28.2 Å². The molecule has 0 aliphatic heterocycles. The quantitative estimate of drug-likeness (QED) is 0.810. The van der Waals surface area contributed by atoms with Gasteiger partial charge in [0.15, 0.2) is 6.61 Å². The summed E-state index contributed by atoms with van der Waals surface area (Å²) in [6.07, 6.45) is 0.00125. The average molecular weight is 320 g/mol. The first-order valence-corrected chi connectivity index (χ1v) is 6.70. The van der Waals surface area contributed by atoms with Crippen molar-refractivity contribution in [3.8, 4) is 5.75 Å². The number of amides is 1. The molecule has 0 fully saturated rings. The van der Waals surface area contributed by atoms with Gasteiger partial charge in [-0.25, -0.2) is 0 Å². The van der Waals surface area contributed by atoms with Crippen molar-refractivity contribution < 1.29 is 19.4 Å². The topological polar surface area (TPSA) is 75.6 Å². The van der Waals surface area contributed by atoms with Crippen LogP contribution in [0.1, 0.15) is 13.3 Å². The number of carbonyl (C=O) groups excluding carboxylic acids is 1. The number of nitrogens with one attached hydrogen (secondary N) is 1. The van der Waals surface area contributed by atoms with E-state index in [1.165, 1.54) is 6.07 Å². The Hall–Kier alpha value is -1.46. The summed E-state index contributed by atoms with van der Waals surface area (Å²) in [5.41, 5.74) is 0. The average Bonchev–Trinajstić information content (AvgIpc) is 2.36. The van der Waals surface area contributed by atoms with Crippen LogP contribution in [0.5, 0.6) is 5.75 Å². The van der Waals surface area contributed by atoms with Gasteiger partial charge in [-0.15, -0.1) is 0 Å². The number of carboxylic acid groups (broad SMARTS) is 1. The van der Waals surface area contributed by atoms with Crippen LogP contribution < -0.4 is 10.1 Å². The van der Waals surface area contributed by atoms with Crippen LogP contribution in [-0.2, 0) is 9.59 Å². The van der Waals surface area contributed by atoms with E-state index in [1.54, 1.807) is 19.1 Å². The van der Waals surface area contributed by atoms with Crippen molar-refractivity contribution in [1.29, 1.82) is 0 Å². The Bertz CT molecular complexity index is 493. The molecule has 0 radical (unpaired) electrons. The van der Waals surface area contributed by atoms with Crippen LogP contribution in [0.15, 0.2) is 18.2 Å². The van der Waals surface area contributed by atoms with Gasteiger partial charge in [0.05, 0.1) is 5.02 Å². The lowest BCUT2D eigenvalue weighted by atomic mass is 10.1. The highest BCUT2D eigenvalue weighted by Crippen LogP contribution is 2.27. The molecule has 0 saturated carbocycles. The van der Waals surface area contributed by atoms with E-state index in [0.717, 1.165) is 0 Å². The summed E-state index contributed by atoms with van der Waals surface area (Å²) in [4.78, 5) is 22.0. The maximum Gasteiger partial charge on any atom is 0.303 e. The van der Waals surface area contributed by atoms with Crippen molar-refractivity contribution in [1.82, 2.24) is 5.32 Å². The highest BCUT2D eigenvalue weighted by atomic mass is 35.5. The normalized spacial score (nSPS) is 11.8. The van der Waals surface area contributed by atoms with Crippen LogP contribution in [0.3, 0.4) is 0 Å². The lowest BCUT2D eigenvalue weighted by molar-refractivity contribution is -0.138. The number of aliphatic carboxylic acids is 1. The van der Waals surface area contributed by atoms with Gasteiger partial charge in [-0.2, -0.15) is 0 Å². The Balaban J connectivity index is 2.36. The number of ether oxygens (including phenoxy) is 1. The van der Waals surface area contributed by atoms with E-state index in [0.29, 0.717) is 15.8 Å². The Morgan fingerprint density at radius 2 is 2.10 bits per heavy atom. The molecule has 0 saturated heterocycles. The van der Waals surface area contributed by atoms with Crippen LogP contribution in [0.4, 0.5) is 0 Å². The van der Waals surface area contributed by atoms with Crippen molar-refractivity contribution in [2.24, 2.45) is 5.92 Å². The lowest BCUT2D eigenvalue weighted by Crippen LogP contribution is -2.33. The Kier molecular flexibility index (Phi) is 6.61. The van der Waals surface area contributed by atoms with Gasteiger partial charge in [0.2, 0.25) is 0 Å². The third-order valence-electron chi connectivity index (χ3n) is 2.42. The molecule has 5 nitrogen and oxygen atoms in total. The molecule has 1 rings (SSSR count). The maximum atomic E-state index is 11.5. The largest absolute Gasteiger partial charge is 0.482 e. The van der Waals surface area contributed by atoms with Gasteiger partial charge < -0.3 is 15.2 Å². The molecule has 1 atom stereocenters. The van der Waals surface area contributed by atoms with E-state index in [4.69, 9.17) is 33.0 Å². The number of carbonyl (C=O) groups is 2. The van der Waals surface area contributed by atoms with E-state index < -0.39 is 5.97 Å². The zero-order valence-corrected chi connectivity index (χ0v) is 12.4. The third kappa shape index (κ3) is 6.12. The molecule has 1 amide bonds. The van der Waals surface area contributed by atoms with Crippen LogP contribution in [0.2, 0.25) is 10.0 Å². The molecule has 0 spiro atoms. The Morgan fingerprint density at radius 1 is 1.40 bits per heavy atom. The summed E-state index contributed by atoms with van der Waals surface area (Å²) in [5.74, 6) is -1.06. The number of hydrogen-bond donors (Lipinski definition) is 2. The van der Waals surface area contributed by atoms with Crippen LogP contribution in [0, 0.1) is 5.92 Å². The molecular weight excluding hydrogens is 305 g/mol. The number of rotatable bonds is 7. The van der Waals surface area contributed by atoms with E-state index in [9.17, 15) is 9.59 Å². The summed E-state index contributed by atoms with van der Waals surface area (Å²) in [5, 5.41) is 12.0. The summed E-state index contributed by atoms with van der Waals surface area (Å²) >= 11 is 11.7. The van der Waals surface area contributed by atoms with E-state index in [2.05, 4.69) is 5.32 Å². The fourth-order valence-electron chi connectivity index (χ4n) is 1.44. The zero-order valence-electron chi connectivity index (χ0n) is 10.9. The maximum absolute atomic E-state index is 11.5. The molecule has 0 aliphatic carbocycles. The van der Waals surface area contributed by atoms with E-state index >= 15 is 0 Å². The molecule has 20 heavy (non-hydrogen) atoms. The van der Waals surface area contributed by atoms with Gasteiger partial charge >= 0.3 is 5.97 Å². The number of benzene rings is 1. The molecule has 0 heterocycles. The van der Waals surface area contributed by atoms with Crippen molar-refractivity contribution >= 4 is 35.1 Å². The molecule has 2 N–H and O–H groups in total. The first-order chi connectivity index (χ1) is 9.38. The van der Waals surface area contributed by atoms with Gasteiger partial charge in [-0.05, 0) is 18.1 Å². The molecule has 110 valence electrons. The Morgan fingerprint density at radius 3 is 2.75 bits per heavy atom. The predicted octanol–water partition coefficient (Wildman–Crippen LogP) is 2.60. The van der Waals surface area contributed by atoms with Gasteiger partial charge in [0.1, 0.15) is 5.75 Å². The number of halogens is 2. The minimum absolute atomic E-state index is 0.00125. The zero-order chi connectivity index (χ0) is 15.1. The third-order valence-corrected chi connectivity index (χ3v) is 2.97. The van der Waals surface area contributed by atoms with Crippen LogP contribution in [0.25, 0.3) is 0 Å². The summed E-state index contributed by atoms with van der Waals surface area (Å²) in [7, 11) is 0. The minimum Gasteiger partial charge on any atom is -0.482 e. The standard InChI is InChI=1S/C13H15Cl2NO4/c1-8(4-13(18)19)6-16-12(17)7-20-11-5-9(14)2-3-10(11)15/h2-3,5,8H,4,6-7H2,1H3,(H,16,17)(H,18,19). The SMILES string of the molecule is CC(CNC(=O)COc1cc(Cl)ccc1Cl)CC(=O)O. The second-order valence-corrected chi connectivity index (χ2v) is 5.21. The van der Waals surface area contributed by atoms with Crippen LogP contribution >= 0.6 is 23.2 Å². The van der Waals surface area contributed by atoms with Gasteiger partial charge in [-0.1, -0.05) is 30.1 Å². The fraction of sp³-hybridized carbons (Fsp3) is 0.385. The van der Waals surface area contributed by atoms with Crippen molar-refractivity contribution in [2.75, 3.05) is 13.2 Å². The summed E-state index contributed by atoms with van der Waals surface area (Å²) < 4.78 is 5.25. The van der Waals surface area contributed by atoms with E-state index in [-0.39, 0.29) is 31.4 Å². The predicted molar refractivity (Wildman–Crippen MR) is 76.4 cm³/mol. The lowest BCUT2D eigenvalue weighted by Gasteiger charge is -2.11. The highest BCUT2D eigenvalue weighted by Gasteiger charge is 2.10. The van der Waals surface area contributed by atoms with E-state index in [1.807, 2.05) is 0 Å². The molecule has 0 aromatic heterocycles. The molecule has 0 aliphatic rings.